The normalized spacial score (nSPS) is 25.3. The molecule has 2 heterocycles. The Morgan fingerprint density at radius 2 is 2.14 bits per heavy atom. The third kappa shape index (κ3) is 2.83. The van der Waals surface area contributed by atoms with Crippen molar-refractivity contribution in [3.05, 3.63) is 23.8 Å². The minimum atomic E-state index is -0.712. The van der Waals surface area contributed by atoms with Crippen LogP contribution in [0.25, 0.3) is 0 Å². The molecule has 2 saturated heterocycles. The zero-order chi connectivity index (χ0) is 14.8. The van der Waals surface area contributed by atoms with Gasteiger partial charge in [0.1, 0.15) is 5.75 Å². The van der Waals surface area contributed by atoms with E-state index in [0.717, 1.165) is 18.8 Å². The highest BCUT2D eigenvalue weighted by Crippen LogP contribution is 2.37. The molecule has 0 aromatic heterocycles. The first-order valence-electron chi connectivity index (χ1n) is 7.58. The fourth-order valence-corrected chi connectivity index (χ4v) is 3.35. The molecule has 1 aromatic carbocycles. The number of ether oxygens (including phenoxy) is 1. The topological polar surface area (TPSA) is 61.8 Å². The van der Waals surface area contributed by atoms with E-state index >= 15 is 0 Å². The molecule has 3 rings (SSSR count). The Morgan fingerprint density at radius 1 is 1.38 bits per heavy atom. The van der Waals surface area contributed by atoms with Gasteiger partial charge >= 0.3 is 5.97 Å². The molecule has 0 aliphatic carbocycles. The van der Waals surface area contributed by atoms with Crippen molar-refractivity contribution in [3.8, 4) is 5.75 Å². The quantitative estimate of drug-likeness (QED) is 0.888. The molecule has 2 aliphatic rings. The minimum Gasteiger partial charge on any atom is -0.497 e. The first-order chi connectivity index (χ1) is 10.2. The molecule has 21 heavy (non-hydrogen) atoms. The Morgan fingerprint density at radius 3 is 2.76 bits per heavy atom. The maximum atomic E-state index is 11.2. The first kappa shape index (κ1) is 14.2. The summed E-state index contributed by atoms with van der Waals surface area (Å²) in [6.45, 7) is 2.69. The van der Waals surface area contributed by atoms with E-state index in [0.29, 0.717) is 13.0 Å². The molecule has 0 spiro atoms. The minimum absolute atomic E-state index is 0.0943. The van der Waals surface area contributed by atoms with Crippen LogP contribution in [0, 0.1) is 5.92 Å². The monoisotopic (exact) mass is 290 g/mol. The number of nitrogens with zero attached hydrogens (tertiary/aromatic N) is 1. The van der Waals surface area contributed by atoms with Gasteiger partial charge in [0.05, 0.1) is 13.0 Å². The standard InChI is InChI=1S/C16H22N2O3/c1-21-12-4-5-15(18-6-2-3-7-18)13(9-12)14-8-11(10-17-14)16(19)20/h4-5,9,11,14,17H,2-3,6-8,10H2,1H3,(H,19,20). The number of hydrogen-bond donors (Lipinski definition) is 2. The van der Waals surface area contributed by atoms with Crippen molar-refractivity contribution in [2.45, 2.75) is 25.3 Å². The van der Waals surface area contributed by atoms with E-state index in [1.165, 1.54) is 24.1 Å². The molecule has 2 aliphatic heterocycles. The van der Waals surface area contributed by atoms with E-state index < -0.39 is 5.97 Å². The van der Waals surface area contributed by atoms with Crippen LogP contribution in [0.2, 0.25) is 0 Å². The maximum Gasteiger partial charge on any atom is 0.307 e. The van der Waals surface area contributed by atoms with Gasteiger partial charge in [-0.3, -0.25) is 4.79 Å². The van der Waals surface area contributed by atoms with Crippen LogP contribution in [-0.2, 0) is 4.79 Å². The molecule has 0 amide bonds. The second kappa shape index (κ2) is 5.93. The lowest BCUT2D eigenvalue weighted by Crippen LogP contribution is -2.22. The van der Waals surface area contributed by atoms with Crippen LogP contribution in [0.1, 0.15) is 30.9 Å². The maximum absolute atomic E-state index is 11.2. The Hall–Kier alpha value is -1.75. The molecule has 0 radical (unpaired) electrons. The van der Waals surface area contributed by atoms with Crippen molar-refractivity contribution in [2.24, 2.45) is 5.92 Å². The lowest BCUT2D eigenvalue weighted by molar-refractivity contribution is -0.141. The molecule has 2 fully saturated rings. The Balaban J connectivity index is 1.89. The van der Waals surface area contributed by atoms with Crippen molar-refractivity contribution in [1.29, 1.82) is 0 Å². The van der Waals surface area contributed by atoms with Crippen LogP contribution in [0.5, 0.6) is 5.75 Å². The predicted molar refractivity (Wildman–Crippen MR) is 80.9 cm³/mol. The molecule has 0 saturated carbocycles. The van der Waals surface area contributed by atoms with Crippen molar-refractivity contribution in [2.75, 3.05) is 31.6 Å². The summed E-state index contributed by atoms with van der Waals surface area (Å²) < 4.78 is 5.34. The van der Waals surface area contributed by atoms with Gasteiger partial charge in [0.15, 0.2) is 0 Å². The molecule has 5 nitrogen and oxygen atoms in total. The Bertz CT molecular complexity index is 526. The summed E-state index contributed by atoms with van der Waals surface area (Å²) in [6.07, 6.45) is 3.09. The molecule has 2 atom stereocenters. The van der Waals surface area contributed by atoms with Gasteiger partial charge in [-0.05, 0) is 43.0 Å². The van der Waals surface area contributed by atoms with Crippen LogP contribution in [-0.4, -0.2) is 37.8 Å². The van der Waals surface area contributed by atoms with E-state index in [-0.39, 0.29) is 12.0 Å². The van der Waals surface area contributed by atoms with Crippen LogP contribution in [0.3, 0.4) is 0 Å². The summed E-state index contributed by atoms with van der Waals surface area (Å²) in [7, 11) is 1.66. The van der Waals surface area contributed by atoms with Gasteiger partial charge in [-0.25, -0.2) is 0 Å². The zero-order valence-corrected chi connectivity index (χ0v) is 12.3. The van der Waals surface area contributed by atoms with Crippen molar-refractivity contribution in [3.63, 3.8) is 0 Å². The third-order valence-corrected chi connectivity index (χ3v) is 4.54. The lowest BCUT2D eigenvalue weighted by atomic mass is 9.98. The highest BCUT2D eigenvalue weighted by Gasteiger charge is 2.32. The van der Waals surface area contributed by atoms with Crippen LogP contribution in [0.4, 0.5) is 5.69 Å². The molecule has 0 bridgehead atoms. The number of rotatable bonds is 4. The van der Waals surface area contributed by atoms with E-state index in [2.05, 4.69) is 22.3 Å². The number of benzene rings is 1. The first-order valence-corrected chi connectivity index (χ1v) is 7.58. The number of carboxylic acids is 1. The van der Waals surface area contributed by atoms with Crippen LogP contribution >= 0.6 is 0 Å². The predicted octanol–water partition coefficient (Wildman–Crippen LogP) is 2.03. The van der Waals surface area contributed by atoms with Gasteiger partial charge in [0.25, 0.3) is 0 Å². The lowest BCUT2D eigenvalue weighted by Gasteiger charge is -2.25. The van der Waals surface area contributed by atoms with Crippen molar-refractivity contribution in [1.82, 2.24) is 5.32 Å². The zero-order valence-electron chi connectivity index (χ0n) is 12.3. The van der Waals surface area contributed by atoms with Crippen molar-refractivity contribution < 1.29 is 14.6 Å². The van der Waals surface area contributed by atoms with Gasteiger partial charge in [-0.2, -0.15) is 0 Å². The number of methoxy groups -OCH3 is 1. The summed E-state index contributed by atoms with van der Waals surface area (Å²) in [5, 5.41) is 12.5. The fourth-order valence-electron chi connectivity index (χ4n) is 3.35. The molecule has 2 N–H and O–H groups in total. The van der Waals surface area contributed by atoms with Crippen LogP contribution in [0.15, 0.2) is 18.2 Å². The number of anilines is 1. The van der Waals surface area contributed by atoms with Crippen LogP contribution < -0.4 is 15.0 Å². The molecule has 2 unspecified atom stereocenters. The molecule has 5 heteroatoms. The molecular formula is C16H22N2O3. The highest BCUT2D eigenvalue weighted by atomic mass is 16.5. The van der Waals surface area contributed by atoms with E-state index in [4.69, 9.17) is 4.74 Å². The average Bonchev–Trinajstić information content (AvgIpc) is 3.18. The fraction of sp³-hybridized carbons (Fsp3) is 0.562. The van der Waals surface area contributed by atoms with E-state index in [1.807, 2.05) is 6.07 Å². The number of aliphatic carboxylic acids is 1. The molecular weight excluding hydrogens is 268 g/mol. The smallest absolute Gasteiger partial charge is 0.307 e. The number of hydrogen-bond acceptors (Lipinski definition) is 4. The number of nitrogens with one attached hydrogen (secondary N) is 1. The van der Waals surface area contributed by atoms with Gasteiger partial charge in [0, 0.05) is 31.4 Å². The van der Waals surface area contributed by atoms with Gasteiger partial charge < -0.3 is 20.1 Å². The van der Waals surface area contributed by atoms with Gasteiger partial charge in [-0.1, -0.05) is 0 Å². The number of carbonyl (C=O) groups is 1. The number of carboxylic acid groups (broad SMARTS) is 1. The second-order valence-electron chi connectivity index (χ2n) is 5.85. The second-order valence-corrected chi connectivity index (χ2v) is 5.85. The van der Waals surface area contributed by atoms with Gasteiger partial charge in [0.2, 0.25) is 0 Å². The van der Waals surface area contributed by atoms with E-state index in [9.17, 15) is 9.90 Å². The molecule has 114 valence electrons. The Labute approximate surface area is 124 Å². The highest BCUT2D eigenvalue weighted by molar-refractivity contribution is 5.71. The largest absolute Gasteiger partial charge is 0.497 e. The average molecular weight is 290 g/mol. The Kier molecular flexibility index (Phi) is 4.01. The summed E-state index contributed by atoms with van der Waals surface area (Å²) in [5.41, 5.74) is 2.39. The molecule has 1 aromatic rings. The SMILES string of the molecule is COc1ccc(N2CCCC2)c(C2CC(C(=O)O)CN2)c1. The van der Waals surface area contributed by atoms with Crippen molar-refractivity contribution >= 4 is 11.7 Å². The van der Waals surface area contributed by atoms with Gasteiger partial charge in [-0.15, -0.1) is 0 Å². The summed E-state index contributed by atoms with van der Waals surface area (Å²) in [5.74, 6) is -0.184. The third-order valence-electron chi connectivity index (χ3n) is 4.54. The van der Waals surface area contributed by atoms with E-state index in [1.54, 1.807) is 7.11 Å². The summed E-state index contributed by atoms with van der Waals surface area (Å²) in [6, 6.07) is 6.24. The summed E-state index contributed by atoms with van der Waals surface area (Å²) >= 11 is 0. The summed E-state index contributed by atoms with van der Waals surface area (Å²) in [4.78, 5) is 13.6.